The number of carbonyl (C=O) groups is 2. The van der Waals surface area contributed by atoms with Gasteiger partial charge in [0.15, 0.2) is 6.10 Å². The number of likely N-dealkylation sites (tertiary alicyclic amines) is 1. The van der Waals surface area contributed by atoms with Crippen molar-refractivity contribution >= 4 is 17.5 Å². The Labute approximate surface area is 148 Å². The smallest absolute Gasteiger partial charge is 0.269 e. The molecule has 1 N–H and O–H groups in total. The van der Waals surface area contributed by atoms with E-state index < -0.39 is 0 Å². The van der Waals surface area contributed by atoms with Crippen molar-refractivity contribution in [3.63, 3.8) is 0 Å². The van der Waals surface area contributed by atoms with Crippen LogP contribution in [0, 0.1) is 0 Å². The molecule has 0 bridgehead atoms. The minimum Gasteiger partial charge on any atom is -0.387 e. The predicted molar refractivity (Wildman–Crippen MR) is 95.0 cm³/mol. The lowest BCUT2D eigenvalue weighted by Gasteiger charge is -2.33. The van der Waals surface area contributed by atoms with Gasteiger partial charge >= 0.3 is 0 Å². The monoisotopic (exact) mass is 343 g/mol. The van der Waals surface area contributed by atoms with Crippen molar-refractivity contribution < 1.29 is 14.4 Å². The molecule has 1 saturated heterocycles. The summed E-state index contributed by atoms with van der Waals surface area (Å²) in [7, 11) is 0. The molecule has 0 saturated carbocycles. The van der Waals surface area contributed by atoms with Gasteiger partial charge in [0.2, 0.25) is 5.91 Å². The van der Waals surface area contributed by atoms with Crippen LogP contribution in [0.1, 0.15) is 50.7 Å². The maximum Gasteiger partial charge on any atom is 0.269 e. The molecule has 3 rings (SSSR count). The molecule has 6 heteroatoms. The third-order valence-electron chi connectivity index (χ3n) is 4.85. The third-order valence-corrected chi connectivity index (χ3v) is 4.85. The van der Waals surface area contributed by atoms with Crippen LogP contribution in [0.15, 0.2) is 35.5 Å². The minimum atomic E-state index is -0.252. The van der Waals surface area contributed by atoms with Gasteiger partial charge in [-0.2, -0.15) is 0 Å². The van der Waals surface area contributed by atoms with Crippen LogP contribution in [0.2, 0.25) is 0 Å². The summed E-state index contributed by atoms with van der Waals surface area (Å²) in [6.07, 6.45) is 3.88. The predicted octanol–water partition coefficient (Wildman–Crippen LogP) is 2.41. The molecule has 1 aromatic rings. The molecule has 134 valence electrons. The molecule has 0 spiro atoms. The van der Waals surface area contributed by atoms with Gasteiger partial charge in [-0.05, 0) is 31.7 Å². The first-order valence-electron chi connectivity index (χ1n) is 9.00. The van der Waals surface area contributed by atoms with Gasteiger partial charge < -0.3 is 15.1 Å². The van der Waals surface area contributed by atoms with E-state index in [0.717, 1.165) is 24.9 Å². The molecule has 2 heterocycles. The number of rotatable bonds is 5. The molecular formula is C19H25N3O3. The normalized spacial score (nSPS) is 22.9. The molecule has 0 aromatic heterocycles. The Hall–Kier alpha value is -2.37. The van der Waals surface area contributed by atoms with Crippen LogP contribution >= 0.6 is 0 Å². The van der Waals surface area contributed by atoms with Gasteiger partial charge in [-0.15, -0.1) is 0 Å². The fourth-order valence-corrected chi connectivity index (χ4v) is 3.36. The van der Waals surface area contributed by atoms with Crippen molar-refractivity contribution in [1.29, 1.82) is 0 Å². The first-order valence-corrected chi connectivity index (χ1v) is 9.00. The molecule has 0 aliphatic carbocycles. The topological polar surface area (TPSA) is 71.0 Å². The SMILES string of the molecule is CC1CCCCN1C(=O)CCNC(=O)C1=NOC(c2ccccc2)C1. The average Bonchev–Trinajstić information content (AvgIpc) is 3.13. The quantitative estimate of drug-likeness (QED) is 0.892. The van der Waals surface area contributed by atoms with Gasteiger partial charge in [0.05, 0.1) is 0 Å². The van der Waals surface area contributed by atoms with Crippen molar-refractivity contribution in [1.82, 2.24) is 10.2 Å². The van der Waals surface area contributed by atoms with E-state index >= 15 is 0 Å². The van der Waals surface area contributed by atoms with Crippen LogP contribution in [0.25, 0.3) is 0 Å². The molecule has 0 radical (unpaired) electrons. The number of benzene rings is 1. The van der Waals surface area contributed by atoms with Crippen LogP contribution in [0.3, 0.4) is 0 Å². The van der Waals surface area contributed by atoms with E-state index in [4.69, 9.17) is 4.84 Å². The molecule has 2 aliphatic heterocycles. The summed E-state index contributed by atoms with van der Waals surface area (Å²) in [5, 5.41) is 6.69. The highest BCUT2D eigenvalue weighted by atomic mass is 16.6. The van der Waals surface area contributed by atoms with Crippen LogP contribution in [0.5, 0.6) is 0 Å². The van der Waals surface area contributed by atoms with E-state index in [9.17, 15) is 9.59 Å². The van der Waals surface area contributed by atoms with E-state index in [-0.39, 0.29) is 17.9 Å². The van der Waals surface area contributed by atoms with Crippen molar-refractivity contribution in [2.75, 3.05) is 13.1 Å². The summed E-state index contributed by atoms with van der Waals surface area (Å²) in [4.78, 5) is 31.8. The summed E-state index contributed by atoms with van der Waals surface area (Å²) in [6, 6.07) is 10.0. The zero-order chi connectivity index (χ0) is 17.6. The lowest BCUT2D eigenvalue weighted by atomic mass is 10.0. The highest BCUT2D eigenvalue weighted by Crippen LogP contribution is 2.26. The molecule has 2 atom stereocenters. The largest absolute Gasteiger partial charge is 0.387 e. The van der Waals surface area contributed by atoms with E-state index in [2.05, 4.69) is 17.4 Å². The zero-order valence-electron chi connectivity index (χ0n) is 14.6. The summed E-state index contributed by atoms with van der Waals surface area (Å²) >= 11 is 0. The second-order valence-corrected chi connectivity index (χ2v) is 6.68. The minimum absolute atomic E-state index is 0.110. The van der Waals surface area contributed by atoms with Gasteiger partial charge in [0.25, 0.3) is 5.91 Å². The number of amides is 2. The number of nitrogens with one attached hydrogen (secondary N) is 1. The van der Waals surface area contributed by atoms with Gasteiger partial charge in [-0.3, -0.25) is 9.59 Å². The number of hydrogen-bond acceptors (Lipinski definition) is 4. The van der Waals surface area contributed by atoms with Crippen LogP contribution in [-0.4, -0.2) is 41.6 Å². The Morgan fingerprint density at radius 2 is 2.08 bits per heavy atom. The fourth-order valence-electron chi connectivity index (χ4n) is 3.36. The molecule has 2 aliphatic rings. The van der Waals surface area contributed by atoms with E-state index in [0.29, 0.717) is 31.1 Å². The Balaban J connectivity index is 1.42. The number of nitrogens with zero attached hydrogens (tertiary/aromatic N) is 2. The Morgan fingerprint density at radius 3 is 2.84 bits per heavy atom. The Bertz CT molecular complexity index is 645. The molecule has 25 heavy (non-hydrogen) atoms. The standard InChI is InChI=1S/C19H25N3O3/c1-14-7-5-6-12-22(14)18(23)10-11-20-19(24)16-13-17(25-21-16)15-8-3-2-4-9-15/h2-4,8-9,14,17H,5-7,10-13H2,1H3,(H,20,24). The fraction of sp³-hybridized carbons (Fsp3) is 0.526. The van der Waals surface area contributed by atoms with Gasteiger partial charge in [-0.25, -0.2) is 0 Å². The summed E-state index contributed by atoms with van der Waals surface area (Å²) in [5.41, 5.74) is 1.39. The lowest BCUT2D eigenvalue weighted by molar-refractivity contribution is -0.134. The highest BCUT2D eigenvalue weighted by Gasteiger charge is 2.27. The van der Waals surface area contributed by atoms with E-state index in [1.54, 1.807) is 0 Å². The summed E-state index contributed by atoms with van der Waals surface area (Å²) in [6.45, 7) is 3.24. The van der Waals surface area contributed by atoms with Crippen molar-refractivity contribution in [3.05, 3.63) is 35.9 Å². The van der Waals surface area contributed by atoms with Crippen molar-refractivity contribution in [2.24, 2.45) is 5.16 Å². The molecule has 1 aromatic carbocycles. The van der Waals surface area contributed by atoms with Crippen LogP contribution in [0.4, 0.5) is 0 Å². The molecule has 1 fully saturated rings. The summed E-state index contributed by atoms with van der Waals surface area (Å²) < 4.78 is 0. The van der Waals surface area contributed by atoms with Gasteiger partial charge in [0.1, 0.15) is 5.71 Å². The number of piperidine rings is 1. The second-order valence-electron chi connectivity index (χ2n) is 6.68. The lowest BCUT2D eigenvalue weighted by Crippen LogP contribution is -2.43. The first-order chi connectivity index (χ1) is 12.1. The van der Waals surface area contributed by atoms with Crippen LogP contribution < -0.4 is 5.32 Å². The van der Waals surface area contributed by atoms with Crippen molar-refractivity contribution in [3.8, 4) is 0 Å². The van der Waals surface area contributed by atoms with Gasteiger partial charge in [0, 0.05) is 32.0 Å². The highest BCUT2D eigenvalue weighted by molar-refractivity contribution is 6.39. The summed E-state index contributed by atoms with van der Waals surface area (Å²) in [5.74, 6) is -0.141. The Kier molecular flexibility index (Phi) is 5.68. The van der Waals surface area contributed by atoms with Crippen LogP contribution in [-0.2, 0) is 14.4 Å². The molecular weight excluding hydrogens is 318 g/mol. The second kappa shape index (κ2) is 8.14. The number of carbonyl (C=O) groups excluding carboxylic acids is 2. The first kappa shape index (κ1) is 17.5. The maximum atomic E-state index is 12.3. The maximum absolute atomic E-state index is 12.3. The molecule has 6 nitrogen and oxygen atoms in total. The zero-order valence-corrected chi connectivity index (χ0v) is 14.6. The van der Waals surface area contributed by atoms with E-state index in [1.165, 1.54) is 6.42 Å². The third kappa shape index (κ3) is 4.38. The number of hydrogen-bond donors (Lipinski definition) is 1. The Morgan fingerprint density at radius 1 is 1.28 bits per heavy atom. The average molecular weight is 343 g/mol. The molecule has 2 amide bonds. The molecule has 2 unspecified atom stereocenters. The number of oxime groups is 1. The van der Waals surface area contributed by atoms with Crippen molar-refractivity contribution in [2.45, 2.75) is 51.2 Å². The van der Waals surface area contributed by atoms with Gasteiger partial charge in [-0.1, -0.05) is 35.5 Å². The van der Waals surface area contributed by atoms with E-state index in [1.807, 2.05) is 35.2 Å².